The number of aromatic nitrogens is 2. The number of hydrogen-bond donors (Lipinski definition) is 1. The van der Waals surface area contributed by atoms with Crippen LogP contribution < -0.4 is 15.2 Å². The molecule has 0 fully saturated rings. The summed E-state index contributed by atoms with van der Waals surface area (Å²) in [4.78, 5) is 17.7. The summed E-state index contributed by atoms with van der Waals surface area (Å²) in [6, 6.07) is 5.94. The molecule has 2 heterocycles. The lowest BCUT2D eigenvalue weighted by Crippen LogP contribution is -2.78. The minimum absolute atomic E-state index is 0.104. The number of carboxylic acid groups (broad SMARTS) is 1. The van der Waals surface area contributed by atoms with Crippen molar-refractivity contribution in [1.82, 2.24) is 4.98 Å². The molecule has 0 radical (unpaired) electrons. The van der Waals surface area contributed by atoms with Gasteiger partial charge in [-0.15, -0.1) is 0 Å². The van der Waals surface area contributed by atoms with Gasteiger partial charge in [-0.25, -0.2) is 5.32 Å². The molecular formula is C12H8Cl2N4O3. The molecule has 0 bridgehead atoms. The van der Waals surface area contributed by atoms with Crippen molar-refractivity contribution >= 4 is 47.0 Å². The van der Waals surface area contributed by atoms with Gasteiger partial charge in [-0.3, -0.25) is 0 Å². The van der Waals surface area contributed by atoms with Crippen LogP contribution in [0.25, 0.3) is 0 Å². The van der Waals surface area contributed by atoms with Crippen molar-refractivity contribution in [2.75, 3.05) is 0 Å². The van der Waals surface area contributed by atoms with Crippen molar-refractivity contribution in [3.8, 4) is 0 Å². The fraction of sp³-hybridized carbons (Fsp3) is 0. The molecular weight excluding hydrogens is 319 g/mol. The molecule has 0 unspecified atom stereocenters. The summed E-state index contributed by atoms with van der Waals surface area (Å²) in [5, 5.41) is 23.4. The maximum atomic E-state index is 10.9. The minimum atomic E-state index is -1.21. The highest BCUT2D eigenvalue weighted by Gasteiger charge is 2.23. The van der Waals surface area contributed by atoms with Crippen LogP contribution in [0.5, 0.6) is 0 Å². The number of hydrogen-bond acceptors (Lipinski definition) is 5. The Morgan fingerprint density at radius 1 is 1.33 bits per heavy atom. The number of fused-ring (bicyclic) bond motifs is 1. The molecule has 2 N–H and O–H groups in total. The zero-order valence-corrected chi connectivity index (χ0v) is 11.9. The normalized spacial score (nSPS) is 11.5. The number of nitrogens with two attached hydrogens (primary N) is 1. The molecule has 0 saturated carbocycles. The number of benzene rings is 1. The van der Waals surface area contributed by atoms with E-state index in [2.05, 4.69) is 9.98 Å². The van der Waals surface area contributed by atoms with Gasteiger partial charge >= 0.3 is 5.82 Å². The quantitative estimate of drug-likeness (QED) is 0.449. The summed E-state index contributed by atoms with van der Waals surface area (Å²) >= 11 is 11.1. The predicted octanol–water partition coefficient (Wildman–Crippen LogP) is -0.0598. The monoisotopic (exact) mass is 326 g/mol. The van der Waals surface area contributed by atoms with Crippen LogP contribution in [-0.4, -0.2) is 17.3 Å². The average Bonchev–Trinajstić information content (AvgIpc) is 2.94. The molecule has 9 heteroatoms. The molecule has 2 aromatic rings. The first-order chi connectivity index (χ1) is 9.99. The Morgan fingerprint density at radius 3 is 2.67 bits per heavy atom. The molecule has 0 aliphatic carbocycles. The van der Waals surface area contributed by atoms with E-state index >= 15 is 0 Å². The smallest absolute Gasteiger partial charge is 0.329 e. The lowest BCUT2D eigenvalue weighted by molar-refractivity contribution is -0.679. The van der Waals surface area contributed by atoms with Gasteiger partial charge in [0.2, 0.25) is 5.69 Å². The van der Waals surface area contributed by atoms with E-state index in [1.807, 2.05) is 0 Å². The van der Waals surface area contributed by atoms with E-state index in [9.17, 15) is 15.1 Å². The van der Waals surface area contributed by atoms with E-state index in [-0.39, 0.29) is 10.7 Å². The predicted molar refractivity (Wildman–Crippen MR) is 73.7 cm³/mol. The first-order valence-corrected chi connectivity index (χ1v) is 6.36. The number of halogens is 2. The second-order valence-corrected chi connectivity index (χ2v) is 4.63. The van der Waals surface area contributed by atoms with Gasteiger partial charge < -0.3 is 15.1 Å². The van der Waals surface area contributed by atoms with Gasteiger partial charge in [0, 0.05) is 5.02 Å². The van der Waals surface area contributed by atoms with Gasteiger partial charge in [0.25, 0.3) is 11.5 Å². The topological polar surface area (TPSA) is 109 Å². The zero-order valence-electron chi connectivity index (χ0n) is 10.4. The second kappa shape index (κ2) is 6.49. The molecule has 0 atom stereocenters. The van der Waals surface area contributed by atoms with Crippen LogP contribution in [-0.2, 0) is 0 Å². The molecule has 1 aliphatic heterocycles. The highest BCUT2D eigenvalue weighted by atomic mass is 35.5. The fourth-order valence-electron chi connectivity index (χ4n) is 1.51. The lowest BCUT2D eigenvalue weighted by Gasteiger charge is -2.00. The van der Waals surface area contributed by atoms with Crippen LogP contribution >= 0.6 is 23.2 Å². The summed E-state index contributed by atoms with van der Waals surface area (Å²) in [5.41, 5.74) is 0.552. The second-order valence-electron chi connectivity index (χ2n) is 3.84. The number of carbonyl (C=O) groups is 1. The first-order valence-electron chi connectivity index (χ1n) is 5.61. The van der Waals surface area contributed by atoms with Crippen molar-refractivity contribution in [3.63, 3.8) is 0 Å². The molecule has 0 amide bonds. The van der Waals surface area contributed by atoms with E-state index in [1.54, 1.807) is 17.4 Å². The Balaban J connectivity index is 0.000000155. The van der Waals surface area contributed by atoms with Gasteiger partial charge in [0.15, 0.2) is 6.34 Å². The standard InChI is InChI=1S/C7H5ClO2.C5H3ClN4O/c8-6-3-1-2-5(4-6)7(9)10;6-4-3-5(8-1-7-3)10(11)2-9-4/h1-4H,(H,9,10);1-2H,(H,7,8). The van der Waals surface area contributed by atoms with E-state index in [0.717, 1.165) is 6.33 Å². The summed E-state index contributed by atoms with van der Waals surface area (Å²) in [6.07, 6.45) is 2.64. The maximum absolute atomic E-state index is 10.9. The zero-order chi connectivity index (χ0) is 15.4. The van der Waals surface area contributed by atoms with Crippen LogP contribution in [0.4, 0.5) is 11.5 Å². The van der Waals surface area contributed by atoms with E-state index < -0.39 is 5.97 Å². The largest absolute Gasteiger partial charge is 0.707 e. The number of carbonyl (C=O) groups excluding carboxylic acids is 1. The number of carboxylic acids is 1. The Bertz CT molecular complexity index is 722. The minimum Gasteiger partial charge on any atom is -0.707 e. The van der Waals surface area contributed by atoms with Crippen molar-refractivity contribution in [2.45, 2.75) is 0 Å². The molecule has 1 aliphatic rings. The Hall–Kier alpha value is -2.22. The van der Waals surface area contributed by atoms with Gasteiger partial charge in [0.1, 0.15) is 0 Å². The maximum Gasteiger partial charge on any atom is 0.329 e. The summed E-state index contributed by atoms with van der Waals surface area (Å²) in [5.74, 6) is -0.757. The molecule has 7 nitrogen and oxygen atoms in total. The van der Waals surface area contributed by atoms with E-state index in [0.29, 0.717) is 21.3 Å². The number of rotatable bonds is 1. The molecule has 1 aromatic heterocycles. The van der Waals surface area contributed by atoms with E-state index in [4.69, 9.17) is 23.2 Å². The number of aliphatic imine (C=N–C) groups is 1. The SMILES string of the molecule is O=C([O-])c1cccc(Cl)c1.[O-][n+]1cnc(Cl)c2c1[NH2+]C=N2. The molecule has 108 valence electrons. The average molecular weight is 327 g/mol. The van der Waals surface area contributed by atoms with Gasteiger partial charge in [0.05, 0.1) is 5.97 Å². The van der Waals surface area contributed by atoms with Gasteiger partial charge in [-0.2, -0.15) is 9.72 Å². The number of aromatic carboxylic acids is 1. The lowest BCUT2D eigenvalue weighted by atomic mass is 10.2. The Kier molecular flexibility index (Phi) is 4.69. The summed E-state index contributed by atoms with van der Waals surface area (Å²) in [6.45, 7) is 0. The van der Waals surface area contributed by atoms with Crippen LogP contribution in [0.15, 0.2) is 35.6 Å². The van der Waals surface area contributed by atoms with Crippen LogP contribution in [0, 0.1) is 5.21 Å². The van der Waals surface area contributed by atoms with Crippen LogP contribution in [0.3, 0.4) is 0 Å². The van der Waals surface area contributed by atoms with Crippen LogP contribution in [0.1, 0.15) is 10.4 Å². The van der Waals surface area contributed by atoms with Crippen molar-refractivity contribution in [3.05, 3.63) is 51.5 Å². The summed E-state index contributed by atoms with van der Waals surface area (Å²) < 4.78 is 0.633. The van der Waals surface area contributed by atoms with Crippen LogP contribution in [0.2, 0.25) is 10.2 Å². The first kappa shape index (κ1) is 15.2. The molecule has 21 heavy (non-hydrogen) atoms. The van der Waals surface area contributed by atoms with Crippen molar-refractivity contribution in [2.24, 2.45) is 4.99 Å². The number of nitrogens with zero attached hydrogens (tertiary/aromatic N) is 3. The Morgan fingerprint density at radius 2 is 2.10 bits per heavy atom. The van der Waals surface area contributed by atoms with Gasteiger partial charge in [-0.05, 0) is 34.3 Å². The Labute approximate surface area is 129 Å². The highest BCUT2D eigenvalue weighted by molar-refractivity contribution is 6.32. The third kappa shape index (κ3) is 3.66. The van der Waals surface area contributed by atoms with E-state index in [1.165, 1.54) is 18.5 Å². The molecule has 0 spiro atoms. The van der Waals surface area contributed by atoms with Crippen molar-refractivity contribution in [1.29, 1.82) is 0 Å². The van der Waals surface area contributed by atoms with Gasteiger partial charge in [-0.1, -0.05) is 23.7 Å². The number of quaternary nitrogens is 1. The third-order valence-corrected chi connectivity index (χ3v) is 2.96. The summed E-state index contributed by atoms with van der Waals surface area (Å²) in [7, 11) is 0. The molecule has 3 rings (SSSR count). The fourth-order valence-corrected chi connectivity index (χ4v) is 1.89. The third-order valence-electron chi connectivity index (χ3n) is 2.45. The molecule has 0 saturated heterocycles. The molecule has 1 aromatic carbocycles. The highest BCUT2D eigenvalue weighted by Crippen LogP contribution is 2.26. The van der Waals surface area contributed by atoms with Crippen molar-refractivity contribution < 1.29 is 19.9 Å².